The number of benzene rings is 1. The number of amides is 6. The van der Waals surface area contributed by atoms with Gasteiger partial charge in [0, 0.05) is 13.0 Å². The van der Waals surface area contributed by atoms with E-state index >= 15 is 0 Å². The number of imide groups is 2. The third kappa shape index (κ3) is 4.61. The Hall–Kier alpha value is -4.59. The predicted octanol–water partition coefficient (Wildman–Crippen LogP) is 1.11. The summed E-state index contributed by atoms with van der Waals surface area (Å²) >= 11 is 0. The van der Waals surface area contributed by atoms with Gasteiger partial charge in [-0.15, -0.1) is 0 Å². The van der Waals surface area contributed by atoms with Crippen molar-refractivity contribution >= 4 is 35.3 Å². The fourth-order valence-corrected chi connectivity index (χ4v) is 3.88. The van der Waals surface area contributed by atoms with Crippen LogP contribution in [0.5, 0.6) is 0 Å². The number of nitrogens with one attached hydrogen (secondary N) is 3. The van der Waals surface area contributed by atoms with Gasteiger partial charge < -0.3 is 10.6 Å². The maximum absolute atomic E-state index is 12.9. The number of aromatic nitrogens is 1. The SMILES string of the molecule is N#Cc1ccc(NC(=O)NCCCc2ccc3c(c2)C(=O)N(C2CCC(=O)NC2=O)C3=O)cn1. The number of pyridine rings is 1. The number of carbonyl (C=O) groups is 5. The van der Waals surface area contributed by atoms with Crippen LogP contribution in [0.3, 0.4) is 0 Å². The normalized spacial score (nSPS) is 17.1. The van der Waals surface area contributed by atoms with Gasteiger partial charge in [-0.25, -0.2) is 9.78 Å². The molecule has 2 aliphatic rings. The summed E-state index contributed by atoms with van der Waals surface area (Å²) in [7, 11) is 0. The van der Waals surface area contributed by atoms with Crippen molar-refractivity contribution in [1.29, 1.82) is 5.26 Å². The largest absolute Gasteiger partial charge is 0.338 e. The minimum Gasteiger partial charge on any atom is -0.338 e. The molecule has 0 spiro atoms. The summed E-state index contributed by atoms with van der Waals surface area (Å²) in [6, 6.07) is 8.49. The van der Waals surface area contributed by atoms with Crippen molar-refractivity contribution < 1.29 is 24.0 Å². The summed E-state index contributed by atoms with van der Waals surface area (Å²) in [5.74, 6) is -2.16. The summed E-state index contributed by atoms with van der Waals surface area (Å²) in [6.07, 6.45) is 2.69. The standard InChI is InChI=1S/C23H20N6O5/c24-11-14-4-5-15(12-26-14)27-23(34)25-9-1-2-13-3-6-16-17(10-13)22(33)29(21(16)32)18-7-8-19(30)28-20(18)31/h3-6,10,12,18H,1-2,7-9H2,(H2,25,27,34)(H,28,30,31). The van der Waals surface area contributed by atoms with Crippen LogP contribution in [0.4, 0.5) is 10.5 Å². The molecule has 1 fully saturated rings. The van der Waals surface area contributed by atoms with Crippen LogP contribution in [-0.4, -0.2) is 52.1 Å². The molecule has 1 atom stereocenters. The molecule has 1 unspecified atom stereocenters. The highest BCUT2D eigenvalue weighted by Crippen LogP contribution is 2.28. The Labute approximate surface area is 194 Å². The van der Waals surface area contributed by atoms with E-state index in [0.29, 0.717) is 25.1 Å². The van der Waals surface area contributed by atoms with Crippen molar-refractivity contribution in [3.8, 4) is 6.07 Å². The molecule has 4 rings (SSSR count). The van der Waals surface area contributed by atoms with Gasteiger partial charge in [0.1, 0.15) is 17.8 Å². The van der Waals surface area contributed by atoms with Crippen molar-refractivity contribution in [1.82, 2.24) is 20.5 Å². The number of nitrogens with zero attached hydrogens (tertiary/aromatic N) is 3. The van der Waals surface area contributed by atoms with Gasteiger partial charge in [0.25, 0.3) is 11.8 Å². The lowest BCUT2D eigenvalue weighted by Crippen LogP contribution is -2.54. The zero-order valence-electron chi connectivity index (χ0n) is 18.0. The van der Waals surface area contributed by atoms with E-state index in [-0.39, 0.29) is 29.7 Å². The van der Waals surface area contributed by atoms with Gasteiger partial charge in [-0.2, -0.15) is 5.26 Å². The number of nitriles is 1. The fourth-order valence-electron chi connectivity index (χ4n) is 3.88. The average molecular weight is 460 g/mol. The van der Waals surface area contributed by atoms with E-state index in [1.54, 1.807) is 24.3 Å². The lowest BCUT2D eigenvalue weighted by molar-refractivity contribution is -0.136. The van der Waals surface area contributed by atoms with E-state index in [9.17, 15) is 24.0 Å². The number of rotatable bonds is 6. The van der Waals surface area contributed by atoms with Crippen LogP contribution in [0.25, 0.3) is 0 Å². The summed E-state index contributed by atoms with van der Waals surface area (Å²) < 4.78 is 0. The first-order valence-corrected chi connectivity index (χ1v) is 10.6. The zero-order valence-corrected chi connectivity index (χ0v) is 18.0. The third-order valence-electron chi connectivity index (χ3n) is 5.57. The summed E-state index contributed by atoms with van der Waals surface area (Å²) in [5.41, 5.74) is 1.97. The second-order valence-electron chi connectivity index (χ2n) is 7.86. The van der Waals surface area contributed by atoms with Crippen LogP contribution in [0, 0.1) is 11.3 Å². The number of carbonyl (C=O) groups excluding carboxylic acids is 5. The van der Waals surface area contributed by atoms with Crippen molar-refractivity contribution in [3.63, 3.8) is 0 Å². The van der Waals surface area contributed by atoms with Crippen LogP contribution >= 0.6 is 0 Å². The lowest BCUT2D eigenvalue weighted by atomic mass is 10.0. The molecule has 0 saturated carbocycles. The Morgan fingerprint density at radius 2 is 1.94 bits per heavy atom. The van der Waals surface area contributed by atoms with Crippen molar-refractivity contribution in [2.75, 3.05) is 11.9 Å². The van der Waals surface area contributed by atoms with Crippen molar-refractivity contribution in [2.24, 2.45) is 0 Å². The number of fused-ring (bicyclic) bond motifs is 1. The Balaban J connectivity index is 1.30. The van der Waals surface area contributed by atoms with Gasteiger partial charge >= 0.3 is 6.03 Å². The van der Waals surface area contributed by atoms with Crippen molar-refractivity contribution in [3.05, 3.63) is 58.9 Å². The minimum absolute atomic E-state index is 0.0668. The molecule has 2 aliphatic heterocycles. The first-order valence-electron chi connectivity index (χ1n) is 10.6. The second-order valence-corrected chi connectivity index (χ2v) is 7.86. The predicted molar refractivity (Wildman–Crippen MR) is 117 cm³/mol. The highest BCUT2D eigenvalue weighted by Gasteiger charge is 2.44. The molecule has 1 aromatic carbocycles. The fraction of sp³-hybridized carbons (Fsp3) is 0.261. The van der Waals surface area contributed by atoms with Gasteiger partial charge in [-0.1, -0.05) is 6.07 Å². The van der Waals surface area contributed by atoms with Gasteiger partial charge in [0.15, 0.2) is 0 Å². The number of piperidine rings is 1. The number of hydrogen-bond donors (Lipinski definition) is 3. The maximum Gasteiger partial charge on any atom is 0.319 e. The van der Waals surface area contributed by atoms with Crippen LogP contribution in [0.2, 0.25) is 0 Å². The Bertz CT molecular complexity index is 1230. The van der Waals surface area contributed by atoms with Gasteiger partial charge in [0.2, 0.25) is 11.8 Å². The summed E-state index contributed by atoms with van der Waals surface area (Å²) in [4.78, 5) is 65.9. The second kappa shape index (κ2) is 9.50. The van der Waals surface area contributed by atoms with E-state index in [1.165, 1.54) is 12.3 Å². The van der Waals surface area contributed by atoms with Crippen LogP contribution in [0.1, 0.15) is 51.2 Å². The molecule has 3 heterocycles. The molecule has 11 nitrogen and oxygen atoms in total. The Morgan fingerprint density at radius 1 is 1.15 bits per heavy atom. The molecule has 0 aliphatic carbocycles. The molecule has 1 aromatic heterocycles. The summed E-state index contributed by atoms with van der Waals surface area (Å²) in [6.45, 7) is 0.363. The first kappa shape index (κ1) is 22.6. The van der Waals surface area contributed by atoms with Crippen LogP contribution in [-0.2, 0) is 16.0 Å². The molecular formula is C23H20N6O5. The van der Waals surface area contributed by atoms with E-state index in [2.05, 4.69) is 20.9 Å². The molecule has 172 valence electrons. The molecule has 2 aromatic rings. The van der Waals surface area contributed by atoms with E-state index in [0.717, 1.165) is 10.5 Å². The van der Waals surface area contributed by atoms with Gasteiger partial charge in [-0.05, 0) is 49.1 Å². The highest BCUT2D eigenvalue weighted by molar-refractivity contribution is 6.23. The van der Waals surface area contributed by atoms with E-state index in [1.807, 2.05) is 6.07 Å². The van der Waals surface area contributed by atoms with E-state index in [4.69, 9.17) is 5.26 Å². The minimum atomic E-state index is -0.998. The maximum atomic E-state index is 12.9. The van der Waals surface area contributed by atoms with Crippen molar-refractivity contribution in [2.45, 2.75) is 31.7 Å². The first-order chi connectivity index (χ1) is 16.4. The highest BCUT2D eigenvalue weighted by atomic mass is 16.2. The molecule has 6 amide bonds. The third-order valence-corrected chi connectivity index (χ3v) is 5.57. The number of urea groups is 1. The molecule has 0 radical (unpaired) electrons. The van der Waals surface area contributed by atoms with Gasteiger partial charge in [0.05, 0.1) is 23.0 Å². The summed E-state index contributed by atoms with van der Waals surface area (Å²) in [5, 5.41) is 16.2. The molecule has 34 heavy (non-hydrogen) atoms. The molecule has 3 N–H and O–H groups in total. The topological polar surface area (TPSA) is 161 Å². The quantitative estimate of drug-likeness (QED) is 0.430. The van der Waals surface area contributed by atoms with E-state index < -0.39 is 35.7 Å². The lowest BCUT2D eigenvalue weighted by Gasteiger charge is -2.27. The molecular weight excluding hydrogens is 440 g/mol. The Morgan fingerprint density at radius 3 is 2.65 bits per heavy atom. The molecule has 0 bridgehead atoms. The number of hydrogen-bond acceptors (Lipinski definition) is 7. The number of anilines is 1. The van der Waals surface area contributed by atoms with Crippen LogP contribution < -0.4 is 16.0 Å². The molecule has 1 saturated heterocycles. The van der Waals surface area contributed by atoms with Gasteiger partial charge in [-0.3, -0.25) is 29.4 Å². The number of aryl methyl sites for hydroxylation is 1. The smallest absolute Gasteiger partial charge is 0.319 e. The van der Waals surface area contributed by atoms with Crippen LogP contribution in [0.15, 0.2) is 36.5 Å². The zero-order chi connectivity index (χ0) is 24.2. The Kier molecular flexibility index (Phi) is 6.31. The molecule has 11 heteroatoms. The average Bonchev–Trinajstić information content (AvgIpc) is 3.07. The monoisotopic (exact) mass is 460 g/mol.